The molecular formula is C23H28N4O4S2. The molecule has 1 saturated heterocycles. The minimum atomic E-state index is -3.89. The van der Waals surface area contributed by atoms with E-state index in [-0.39, 0.29) is 10.8 Å². The molecule has 0 saturated carbocycles. The third kappa shape index (κ3) is 5.13. The zero-order valence-corrected chi connectivity index (χ0v) is 20.2. The fourth-order valence-electron chi connectivity index (χ4n) is 4.32. The molecule has 8 nitrogen and oxygen atoms in total. The van der Waals surface area contributed by atoms with Crippen molar-refractivity contribution in [3.8, 4) is 0 Å². The van der Waals surface area contributed by atoms with E-state index >= 15 is 0 Å². The highest BCUT2D eigenvalue weighted by Crippen LogP contribution is 2.31. The van der Waals surface area contributed by atoms with Crippen LogP contribution in [0.2, 0.25) is 0 Å². The number of nitrogens with one attached hydrogen (secondary N) is 1. The number of fused-ring (bicyclic) bond motifs is 1. The number of carbonyl (C=O) groups excluding carboxylic acids is 1. The van der Waals surface area contributed by atoms with Crippen molar-refractivity contribution in [1.82, 2.24) is 9.88 Å². The van der Waals surface area contributed by atoms with E-state index in [0.29, 0.717) is 58.4 Å². The Bertz CT molecular complexity index is 1260. The van der Waals surface area contributed by atoms with E-state index < -0.39 is 15.6 Å². The van der Waals surface area contributed by atoms with Gasteiger partial charge in [-0.3, -0.25) is 9.52 Å². The van der Waals surface area contributed by atoms with Gasteiger partial charge in [-0.05, 0) is 61.6 Å². The highest BCUT2D eigenvalue weighted by Gasteiger charge is 2.34. The number of nitrogens with zero attached hydrogens (tertiary/aromatic N) is 2. The van der Waals surface area contributed by atoms with Crippen LogP contribution < -0.4 is 10.5 Å². The van der Waals surface area contributed by atoms with Crippen molar-refractivity contribution in [3.63, 3.8) is 0 Å². The number of sulfonamides is 1. The minimum absolute atomic E-state index is 0.0512. The molecule has 33 heavy (non-hydrogen) atoms. The zero-order valence-electron chi connectivity index (χ0n) is 18.6. The molecule has 0 atom stereocenters. The molecule has 0 unspecified atom stereocenters. The number of thiazole rings is 1. The predicted octanol–water partition coefficient (Wildman–Crippen LogP) is 3.69. The van der Waals surface area contributed by atoms with E-state index in [0.717, 1.165) is 6.42 Å². The maximum Gasteiger partial charge on any atom is 0.264 e. The van der Waals surface area contributed by atoms with Crippen LogP contribution in [-0.4, -0.2) is 48.0 Å². The number of amides is 1. The van der Waals surface area contributed by atoms with Crippen LogP contribution in [0.15, 0.2) is 47.4 Å². The first-order chi connectivity index (χ1) is 15.6. The molecule has 0 radical (unpaired) electrons. The number of para-hydroxylation sites is 1. The molecule has 1 amide bonds. The van der Waals surface area contributed by atoms with Gasteiger partial charge in [-0.15, -0.1) is 0 Å². The summed E-state index contributed by atoms with van der Waals surface area (Å²) in [5.41, 5.74) is 6.18. The number of aromatic nitrogens is 1. The number of benzene rings is 2. The summed E-state index contributed by atoms with van der Waals surface area (Å²) in [5, 5.41) is 11.0. The van der Waals surface area contributed by atoms with E-state index in [1.165, 1.54) is 17.4 Å². The summed E-state index contributed by atoms with van der Waals surface area (Å²) in [5.74, 6) is 0.271. The highest BCUT2D eigenvalue weighted by molar-refractivity contribution is 7.93. The van der Waals surface area contributed by atoms with Gasteiger partial charge in [0.2, 0.25) is 0 Å². The normalized spacial score (nSPS) is 16.3. The number of anilines is 2. The number of hydrogen-bond donors (Lipinski definition) is 3. The second-order valence-electron chi connectivity index (χ2n) is 8.95. The fourth-order valence-corrected chi connectivity index (χ4v) is 6.37. The number of nitrogen functional groups attached to an aromatic ring is 1. The summed E-state index contributed by atoms with van der Waals surface area (Å²) in [7, 11) is -3.89. The van der Waals surface area contributed by atoms with Gasteiger partial charge in [-0.1, -0.05) is 31.3 Å². The number of rotatable bonds is 6. The molecule has 3 aromatic rings. The molecule has 4 rings (SSSR count). The summed E-state index contributed by atoms with van der Waals surface area (Å²) < 4.78 is 29.1. The molecule has 2 aromatic carbocycles. The third-order valence-corrected chi connectivity index (χ3v) is 8.10. The van der Waals surface area contributed by atoms with Crippen LogP contribution in [0.1, 0.15) is 43.5 Å². The average Bonchev–Trinajstić information content (AvgIpc) is 3.13. The molecule has 1 aliphatic heterocycles. The summed E-state index contributed by atoms with van der Waals surface area (Å²) in [6, 6.07) is 11.3. The second kappa shape index (κ2) is 8.92. The molecule has 0 spiro atoms. The van der Waals surface area contributed by atoms with Crippen molar-refractivity contribution in [2.24, 2.45) is 5.92 Å². The van der Waals surface area contributed by atoms with Gasteiger partial charge in [0, 0.05) is 24.3 Å². The van der Waals surface area contributed by atoms with Crippen LogP contribution in [0.25, 0.3) is 10.2 Å². The van der Waals surface area contributed by atoms with Crippen molar-refractivity contribution in [2.75, 3.05) is 23.5 Å². The van der Waals surface area contributed by atoms with E-state index in [2.05, 4.69) is 23.6 Å². The van der Waals surface area contributed by atoms with Gasteiger partial charge in [-0.25, -0.2) is 13.4 Å². The lowest BCUT2D eigenvalue weighted by Crippen LogP contribution is -2.47. The Morgan fingerprint density at radius 2 is 1.88 bits per heavy atom. The molecular weight excluding hydrogens is 460 g/mol. The number of aliphatic hydroxyl groups is 1. The SMILES string of the molecule is CC(C)CC1(O)CCN(C(=O)c2ccc(NS(=O)(=O)c3cccc4sc(N)nc34)cc2)CC1. The van der Waals surface area contributed by atoms with Crippen LogP contribution in [0.4, 0.5) is 10.8 Å². The van der Waals surface area contributed by atoms with Crippen molar-refractivity contribution in [3.05, 3.63) is 48.0 Å². The van der Waals surface area contributed by atoms with Crippen molar-refractivity contribution in [1.29, 1.82) is 0 Å². The lowest BCUT2D eigenvalue weighted by atomic mass is 9.84. The Morgan fingerprint density at radius 1 is 1.21 bits per heavy atom. The van der Waals surface area contributed by atoms with Gasteiger partial charge in [0.05, 0.1) is 10.3 Å². The Balaban J connectivity index is 1.45. The zero-order chi connectivity index (χ0) is 23.8. The van der Waals surface area contributed by atoms with Gasteiger partial charge in [0.1, 0.15) is 10.4 Å². The van der Waals surface area contributed by atoms with Gasteiger partial charge in [-0.2, -0.15) is 0 Å². The van der Waals surface area contributed by atoms with E-state index in [1.54, 1.807) is 41.3 Å². The summed E-state index contributed by atoms with van der Waals surface area (Å²) in [6.07, 6.45) is 1.84. The van der Waals surface area contributed by atoms with Crippen LogP contribution in [-0.2, 0) is 10.0 Å². The second-order valence-corrected chi connectivity index (χ2v) is 11.7. The molecule has 4 N–H and O–H groups in total. The minimum Gasteiger partial charge on any atom is -0.390 e. The lowest BCUT2D eigenvalue weighted by molar-refractivity contribution is -0.0311. The molecule has 176 valence electrons. The Morgan fingerprint density at radius 3 is 2.52 bits per heavy atom. The first-order valence-corrected chi connectivity index (χ1v) is 13.2. The van der Waals surface area contributed by atoms with Gasteiger partial charge in [0.25, 0.3) is 15.9 Å². The molecule has 2 heterocycles. The maximum atomic E-state index is 12.9. The number of likely N-dealkylation sites (tertiary alicyclic amines) is 1. The lowest BCUT2D eigenvalue weighted by Gasteiger charge is -2.39. The van der Waals surface area contributed by atoms with Gasteiger partial charge in [0.15, 0.2) is 5.13 Å². The summed E-state index contributed by atoms with van der Waals surface area (Å²) in [4.78, 5) is 18.8. The van der Waals surface area contributed by atoms with E-state index in [9.17, 15) is 18.3 Å². The van der Waals surface area contributed by atoms with Crippen molar-refractivity contribution in [2.45, 2.75) is 43.6 Å². The molecule has 10 heteroatoms. The molecule has 1 aromatic heterocycles. The number of carbonyl (C=O) groups is 1. The number of hydrogen-bond acceptors (Lipinski definition) is 7. The van der Waals surface area contributed by atoms with Crippen LogP contribution in [0.3, 0.4) is 0 Å². The van der Waals surface area contributed by atoms with Crippen molar-refractivity contribution < 1.29 is 18.3 Å². The van der Waals surface area contributed by atoms with Gasteiger partial charge >= 0.3 is 0 Å². The largest absolute Gasteiger partial charge is 0.390 e. The van der Waals surface area contributed by atoms with E-state index in [1.807, 2.05) is 0 Å². The topological polar surface area (TPSA) is 126 Å². The number of piperidine rings is 1. The summed E-state index contributed by atoms with van der Waals surface area (Å²) in [6.45, 7) is 5.16. The Hall–Kier alpha value is -2.69. The standard InChI is InChI=1S/C23H28N4O4S2/c1-15(2)14-23(29)10-12-27(13-11-23)21(28)16-6-8-17(9-7-16)26-33(30,31)19-5-3-4-18-20(19)25-22(24)32-18/h3-9,15,26,29H,10-14H2,1-2H3,(H2,24,25). The number of nitrogens with two attached hydrogens (primary N) is 1. The quantitative estimate of drug-likeness (QED) is 0.486. The molecule has 1 fully saturated rings. The van der Waals surface area contributed by atoms with Crippen LogP contribution >= 0.6 is 11.3 Å². The molecule has 0 bridgehead atoms. The monoisotopic (exact) mass is 488 g/mol. The Labute approximate surface area is 197 Å². The molecule has 1 aliphatic rings. The Kier molecular flexibility index (Phi) is 6.35. The predicted molar refractivity (Wildman–Crippen MR) is 131 cm³/mol. The fraction of sp³-hybridized carbons (Fsp3) is 0.391. The maximum absolute atomic E-state index is 12.9. The first-order valence-electron chi connectivity index (χ1n) is 10.9. The van der Waals surface area contributed by atoms with E-state index in [4.69, 9.17) is 5.73 Å². The first kappa shape index (κ1) is 23.5. The summed E-state index contributed by atoms with van der Waals surface area (Å²) >= 11 is 1.23. The van der Waals surface area contributed by atoms with Crippen LogP contribution in [0.5, 0.6) is 0 Å². The highest BCUT2D eigenvalue weighted by atomic mass is 32.2. The smallest absolute Gasteiger partial charge is 0.264 e. The third-order valence-electron chi connectivity index (χ3n) is 5.84. The van der Waals surface area contributed by atoms with Crippen molar-refractivity contribution >= 4 is 48.3 Å². The molecule has 0 aliphatic carbocycles. The van der Waals surface area contributed by atoms with Gasteiger partial charge < -0.3 is 15.7 Å². The average molecular weight is 489 g/mol. The van der Waals surface area contributed by atoms with Crippen LogP contribution in [0, 0.1) is 5.92 Å².